The van der Waals surface area contributed by atoms with Gasteiger partial charge in [-0.25, -0.2) is 9.97 Å². The van der Waals surface area contributed by atoms with Crippen molar-refractivity contribution in [3.8, 4) is 17.1 Å². The Labute approximate surface area is 139 Å². The second-order valence-corrected chi connectivity index (χ2v) is 6.14. The zero-order valence-corrected chi connectivity index (χ0v) is 13.5. The van der Waals surface area contributed by atoms with E-state index in [0.717, 1.165) is 28.0 Å². The van der Waals surface area contributed by atoms with Crippen molar-refractivity contribution in [3.63, 3.8) is 0 Å². The minimum Gasteiger partial charge on any atom is -0.497 e. The average Bonchev–Trinajstić information content (AvgIpc) is 3.38. The van der Waals surface area contributed by atoms with Crippen LogP contribution < -0.4 is 10.1 Å². The van der Waals surface area contributed by atoms with Crippen molar-refractivity contribution in [3.05, 3.63) is 47.5 Å². The number of halogens is 1. The van der Waals surface area contributed by atoms with Gasteiger partial charge in [-0.15, -0.1) is 0 Å². The van der Waals surface area contributed by atoms with Crippen molar-refractivity contribution in [2.24, 2.45) is 0 Å². The largest absolute Gasteiger partial charge is 0.497 e. The molecule has 0 amide bonds. The Morgan fingerprint density at radius 3 is 2.57 bits per heavy atom. The summed E-state index contributed by atoms with van der Waals surface area (Å²) in [7, 11) is 1.65. The first-order valence-corrected chi connectivity index (χ1v) is 7.99. The molecule has 4 nitrogen and oxygen atoms in total. The minimum absolute atomic E-state index is 0.521. The maximum atomic E-state index is 6.13. The average molecular weight is 326 g/mol. The molecule has 0 atom stereocenters. The summed E-state index contributed by atoms with van der Waals surface area (Å²) >= 11 is 6.13. The van der Waals surface area contributed by atoms with Crippen LogP contribution in [0.1, 0.15) is 12.8 Å². The third-order valence-electron chi connectivity index (χ3n) is 3.93. The first kappa shape index (κ1) is 14.3. The number of rotatable bonds is 4. The van der Waals surface area contributed by atoms with E-state index in [4.69, 9.17) is 21.3 Å². The number of hydrogen-bond donors (Lipinski definition) is 1. The van der Waals surface area contributed by atoms with Crippen molar-refractivity contribution in [1.82, 2.24) is 9.97 Å². The highest BCUT2D eigenvalue weighted by atomic mass is 35.5. The Kier molecular flexibility index (Phi) is 3.54. The number of nitrogens with zero attached hydrogens (tertiary/aromatic N) is 2. The molecule has 4 rings (SSSR count). The molecule has 0 aliphatic heterocycles. The number of anilines is 1. The van der Waals surface area contributed by atoms with Crippen molar-refractivity contribution in [2.75, 3.05) is 12.4 Å². The summed E-state index contributed by atoms with van der Waals surface area (Å²) in [6.45, 7) is 0. The van der Waals surface area contributed by atoms with Crippen LogP contribution in [-0.4, -0.2) is 23.1 Å². The first-order chi connectivity index (χ1) is 11.2. The molecule has 1 heterocycles. The van der Waals surface area contributed by atoms with Gasteiger partial charge in [0.05, 0.1) is 12.6 Å². The Morgan fingerprint density at radius 2 is 1.87 bits per heavy atom. The minimum atomic E-state index is 0.521. The molecular weight excluding hydrogens is 310 g/mol. The molecule has 1 N–H and O–H groups in total. The van der Waals surface area contributed by atoms with Gasteiger partial charge in [-0.05, 0) is 55.3 Å². The summed E-state index contributed by atoms with van der Waals surface area (Å²) in [5.41, 5.74) is 1.80. The van der Waals surface area contributed by atoms with Crippen molar-refractivity contribution >= 4 is 28.3 Å². The molecule has 2 aromatic carbocycles. The molecule has 0 radical (unpaired) electrons. The molecule has 0 bridgehead atoms. The molecule has 116 valence electrons. The van der Waals surface area contributed by atoms with Gasteiger partial charge in [-0.3, -0.25) is 0 Å². The number of hydrogen-bond acceptors (Lipinski definition) is 4. The topological polar surface area (TPSA) is 47.0 Å². The molecule has 0 saturated heterocycles. The Morgan fingerprint density at radius 1 is 1.09 bits per heavy atom. The fraction of sp³-hybridized carbons (Fsp3) is 0.222. The van der Waals surface area contributed by atoms with Crippen molar-refractivity contribution < 1.29 is 4.74 Å². The van der Waals surface area contributed by atoms with Gasteiger partial charge >= 0.3 is 0 Å². The fourth-order valence-electron chi connectivity index (χ4n) is 2.50. The molecular formula is C18H16ClN3O. The van der Waals surface area contributed by atoms with Crippen molar-refractivity contribution in [2.45, 2.75) is 18.9 Å². The Balaban J connectivity index is 1.84. The second-order valence-electron chi connectivity index (χ2n) is 5.70. The maximum Gasteiger partial charge on any atom is 0.162 e. The monoisotopic (exact) mass is 325 g/mol. The van der Waals surface area contributed by atoms with Crippen molar-refractivity contribution in [1.29, 1.82) is 0 Å². The Hall–Kier alpha value is -2.33. The molecule has 3 aromatic rings. The lowest BCUT2D eigenvalue weighted by Gasteiger charge is -2.11. The maximum absolute atomic E-state index is 6.13. The molecule has 0 spiro atoms. The predicted octanol–water partition coefficient (Wildman–Crippen LogP) is 4.53. The van der Waals surface area contributed by atoms with Crippen LogP contribution in [-0.2, 0) is 0 Å². The van der Waals surface area contributed by atoms with Crippen LogP contribution in [0, 0.1) is 0 Å². The number of nitrogens with one attached hydrogen (secondary N) is 1. The van der Waals surface area contributed by atoms with E-state index in [1.165, 1.54) is 12.8 Å². The van der Waals surface area contributed by atoms with Crippen LogP contribution in [0.4, 0.5) is 5.82 Å². The van der Waals surface area contributed by atoms with Crippen LogP contribution in [0.25, 0.3) is 22.3 Å². The van der Waals surface area contributed by atoms with Crippen LogP contribution in [0.3, 0.4) is 0 Å². The molecule has 1 aliphatic carbocycles. The lowest BCUT2D eigenvalue weighted by atomic mass is 10.1. The third-order valence-corrected chi connectivity index (χ3v) is 4.16. The molecule has 1 fully saturated rings. The molecule has 23 heavy (non-hydrogen) atoms. The van der Waals surface area contributed by atoms with Gasteiger partial charge in [0.2, 0.25) is 0 Å². The number of fused-ring (bicyclic) bond motifs is 1. The SMILES string of the molecule is COc1ccc(-c2nc(NC3CC3)c3ccc(Cl)cc3n2)cc1. The highest BCUT2D eigenvalue weighted by Gasteiger charge is 2.23. The van der Waals surface area contributed by atoms with Crippen LogP contribution in [0.5, 0.6) is 5.75 Å². The summed E-state index contributed by atoms with van der Waals surface area (Å²) in [6, 6.07) is 14.0. The zero-order valence-electron chi connectivity index (χ0n) is 12.7. The molecule has 1 saturated carbocycles. The summed E-state index contributed by atoms with van der Waals surface area (Å²) in [5.74, 6) is 2.37. The predicted molar refractivity (Wildman–Crippen MR) is 93.2 cm³/mol. The van der Waals surface area contributed by atoms with E-state index in [2.05, 4.69) is 10.3 Å². The van der Waals surface area contributed by atoms with Gasteiger partial charge in [0.25, 0.3) is 0 Å². The summed E-state index contributed by atoms with van der Waals surface area (Å²) in [5, 5.41) is 5.17. The van der Waals surface area contributed by atoms with Crippen LogP contribution in [0.2, 0.25) is 5.02 Å². The van der Waals surface area contributed by atoms with E-state index in [0.29, 0.717) is 16.9 Å². The number of ether oxygens (including phenoxy) is 1. The number of methoxy groups -OCH3 is 1. The third kappa shape index (κ3) is 2.94. The van der Waals surface area contributed by atoms with E-state index in [-0.39, 0.29) is 0 Å². The number of benzene rings is 2. The highest BCUT2D eigenvalue weighted by molar-refractivity contribution is 6.31. The van der Waals surface area contributed by atoms with Crippen LogP contribution in [0.15, 0.2) is 42.5 Å². The molecule has 0 unspecified atom stereocenters. The smallest absolute Gasteiger partial charge is 0.162 e. The van der Waals surface area contributed by atoms with E-state index in [1.807, 2.05) is 42.5 Å². The highest BCUT2D eigenvalue weighted by Crippen LogP contribution is 2.31. The molecule has 1 aliphatic rings. The lowest BCUT2D eigenvalue weighted by molar-refractivity contribution is 0.415. The molecule has 1 aromatic heterocycles. The van der Waals surface area contributed by atoms with Crippen LogP contribution >= 0.6 is 11.6 Å². The Bertz CT molecular complexity index is 860. The zero-order chi connectivity index (χ0) is 15.8. The van der Waals surface area contributed by atoms with E-state index in [1.54, 1.807) is 7.11 Å². The van der Waals surface area contributed by atoms with Gasteiger partial charge in [0.15, 0.2) is 5.82 Å². The van der Waals surface area contributed by atoms with Gasteiger partial charge in [-0.1, -0.05) is 11.6 Å². The lowest BCUT2D eigenvalue weighted by Crippen LogP contribution is -2.05. The number of aromatic nitrogens is 2. The standard InChI is InChI=1S/C18H16ClN3O/c1-23-14-7-2-11(3-8-14)17-21-16-10-12(19)4-9-15(16)18(22-17)20-13-5-6-13/h2-4,7-10,13H,5-6H2,1H3,(H,20,21,22). The fourth-order valence-corrected chi connectivity index (χ4v) is 2.67. The van der Waals surface area contributed by atoms with E-state index < -0.39 is 0 Å². The van der Waals surface area contributed by atoms with E-state index >= 15 is 0 Å². The van der Waals surface area contributed by atoms with Gasteiger partial charge < -0.3 is 10.1 Å². The van der Waals surface area contributed by atoms with Gasteiger partial charge in [0.1, 0.15) is 11.6 Å². The summed E-state index contributed by atoms with van der Waals surface area (Å²) < 4.78 is 5.21. The van der Waals surface area contributed by atoms with Gasteiger partial charge in [0, 0.05) is 22.0 Å². The summed E-state index contributed by atoms with van der Waals surface area (Å²) in [6.07, 6.45) is 2.38. The molecule has 5 heteroatoms. The first-order valence-electron chi connectivity index (χ1n) is 7.61. The quantitative estimate of drug-likeness (QED) is 0.765. The second kappa shape index (κ2) is 5.70. The summed E-state index contributed by atoms with van der Waals surface area (Å²) in [4.78, 5) is 9.40. The van der Waals surface area contributed by atoms with Gasteiger partial charge in [-0.2, -0.15) is 0 Å². The van der Waals surface area contributed by atoms with E-state index in [9.17, 15) is 0 Å². The normalized spacial score (nSPS) is 14.0.